The largest absolute Gasteiger partial charge is 0.312 e. The third kappa shape index (κ3) is 2.55. The number of nitrogens with zero attached hydrogens (tertiary/aromatic N) is 2. The number of hydrogen-bond donors (Lipinski definition) is 1. The van der Waals surface area contributed by atoms with E-state index in [-0.39, 0.29) is 10.6 Å². The SMILES string of the molecule is O=c1[nH]cnc(Sc2ccc(Cl)cn2)c1Cl. The van der Waals surface area contributed by atoms with Crippen LogP contribution in [0.15, 0.2) is 39.5 Å². The first-order valence-electron chi connectivity index (χ1n) is 4.19. The van der Waals surface area contributed by atoms with Crippen LogP contribution in [0, 0.1) is 0 Å². The van der Waals surface area contributed by atoms with Gasteiger partial charge in [-0.15, -0.1) is 0 Å². The molecule has 0 amide bonds. The number of aromatic nitrogens is 3. The lowest BCUT2D eigenvalue weighted by Gasteiger charge is -2.00. The van der Waals surface area contributed by atoms with Crippen molar-refractivity contribution >= 4 is 35.0 Å². The van der Waals surface area contributed by atoms with E-state index in [4.69, 9.17) is 23.2 Å². The molecule has 4 nitrogen and oxygen atoms in total. The molecule has 0 radical (unpaired) electrons. The second-order valence-corrected chi connectivity index (χ2v) is 4.59. The molecule has 0 fully saturated rings. The van der Waals surface area contributed by atoms with Gasteiger partial charge in [0, 0.05) is 6.20 Å². The van der Waals surface area contributed by atoms with Crippen molar-refractivity contribution in [2.75, 3.05) is 0 Å². The number of rotatable bonds is 2. The summed E-state index contributed by atoms with van der Waals surface area (Å²) >= 11 is 12.7. The molecule has 0 aliphatic rings. The van der Waals surface area contributed by atoms with Crippen LogP contribution in [0.4, 0.5) is 0 Å². The molecule has 82 valence electrons. The van der Waals surface area contributed by atoms with Gasteiger partial charge in [0.25, 0.3) is 5.56 Å². The fraction of sp³-hybridized carbons (Fsp3) is 0. The van der Waals surface area contributed by atoms with Crippen LogP contribution in [-0.2, 0) is 0 Å². The van der Waals surface area contributed by atoms with Gasteiger partial charge in [-0.2, -0.15) is 0 Å². The number of pyridine rings is 1. The van der Waals surface area contributed by atoms with Gasteiger partial charge in [-0.1, -0.05) is 23.2 Å². The van der Waals surface area contributed by atoms with Crippen molar-refractivity contribution in [1.29, 1.82) is 0 Å². The van der Waals surface area contributed by atoms with Crippen LogP contribution < -0.4 is 5.56 Å². The van der Waals surface area contributed by atoms with E-state index < -0.39 is 0 Å². The van der Waals surface area contributed by atoms with E-state index in [1.807, 2.05) is 0 Å². The second kappa shape index (κ2) is 4.86. The summed E-state index contributed by atoms with van der Waals surface area (Å²) in [6.07, 6.45) is 2.82. The Bertz CT molecular complexity index is 555. The topological polar surface area (TPSA) is 58.6 Å². The summed E-state index contributed by atoms with van der Waals surface area (Å²) in [5.74, 6) is 0. The van der Waals surface area contributed by atoms with Crippen LogP contribution in [0.3, 0.4) is 0 Å². The summed E-state index contributed by atoms with van der Waals surface area (Å²) in [7, 11) is 0. The molecular formula is C9H5Cl2N3OS. The highest BCUT2D eigenvalue weighted by atomic mass is 35.5. The molecule has 2 aromatic rings. The maximum Gasteiger partial charge on any atom is 0.270 e. The van der Waals surface area contributed by atoms with Crippen molar-refractivity contribution in [2.24, 2.45) is 0 Å². The van der Waals surface area contributed by atoms with Gasteiger partial charge < -0.3 is 4.98 Å². The van der Waals surface area contributed by atoms with Crippen molar-refractivity contribution in [3.05, 3.63) is 45.1 Å². The molecule has 0 aliphatic heterocycles. The molecule has 0 bridgehead atoms. The lowest BCUT2D eigenvalue weighted by molar-refractivity contribution is 1.01. The van der Waals surface area contributed by atoms with Gasteiger partial charge in [-0.25, -0.2) is 9.97 Å². The fourth-order valence-electron chi connectivity index (χ4n) is 0.960. The molecule has 0 saturated heterocycles. The molecule has 2 rings (SSSR count). The Labute approximate surface area is 105 Å². The van der Waals surface area contributed by atoms with Gasteiger partial charge in [0.05, 0.1) is 11.3 Å². The first-order valence-corrected chi connectivity index (χ1v) is 5.76. The fourth-order valence-corrected chi connectivity index (χ4v) is 2.02. The molecule has 0 saturated carbocycles. The zero-order chi connectivity index (χ0) is 11.5. The molecule has 2 heterocycles. The summed E-state index contributed by atoms with van der Waals surface area (Å²) in [5, 5.41) is 1.70. The highest BCUT2D eigenvalue weighted by Gasteiger charge is 2.08. The van der Waals surface area contributed by atoms with E-state index in [0.717, 1.165) is 0 Å². The van der Waals surface area contributed by atoms with Crippen molar-refractivity contribution in [3.8, 4) is 0 Å². The molecule has 0 aromatic carbocycles. The van der Waals surface area contributed by atoms with Crippen LogP contribution in [0.5, 0.6) is 0 Å². The molecule has 16 heavy (non-hydrogen) atoms. The van der Waals surface area contributed by atoms with Crippen LogP contribution >= 0.6 is 35.0 Å². The zero-order valence-corrected chi connectivity index (χ0v) is 10.1. The van der Waals surface area contributed by atoms with Crippen LogP contribution in [0.1, 0.15) is 0 Å². The minimum atomic E-state index is -0.367. The van der Waals surface area contributed by atoms with Crippen molar-refractivity contribution in [1.82, 2.24) is 15.0 Å². The summed E-state index contributed by atoms with van der Waals surface area (Å²) in [5.41, 5.74) is -0.367. The monoisotopic (exact) mass is 273 g/mol. The minimum absolute atomic E-state index is 0.0595. The van der Waals surface area contributed by atoms with Gasteiger partial charge in [0.1, 0.15) is 15.1 Å². The Morgan fingerprint density at radius 1 is 1.25 bits per heavy atom. The summed E-state index contributed by atoms with van der Waals surface area (Å²) in [6.45, 7) is 0. The van der Waals surface area contributed by atoms with Crippen molar-refractivity contribution in [3.63, 3.8) is 0 Å². The van der Waals surface area contributed by atoms with Crippen molar-refractivity contribution in [2.45, 2.75) is 10.1 Å². The Morgan fingerprint density at radius 2 is 2.06 bits per heavy atom. The van der Waals surface area contributed by atoms with Crippen molar-refractivity contribution < 1.29 is 0 Å². The zero-order valence-electron chi connectivity index (χ0n) is 7.78. The average Bonchev–Trinajstić information content (AvgIpc) is 2.28. The van der Waals surface area contributed by atoms with Gasteiger partial charge in [0.2, 0.25) is 0 Å². The van der Waals surface area contributed by atoms with Gasteiger partial charge in [-0.05, 0) is 23.9 Å². The van der Waals surface area contributed by atoms with E-state index >= 15 is 0 Å². The van der Waals surface area contributed by atoms with E-state index in [0.29, 0.717) is 15.1 Å². The molecule has 1 N–H and O–H groups in total. The first kappa shape index (κ1) is 11.4. The first-order chi connectivity index (χ1) is 7.66. The summed E-state index contributed by atoms with van der Waals surface area (Å²) in [4.78, 5) is 21.6. The smallest absolute Gasteiger partial charge is 0.270 e. The Kier molecular flexibility index (Phi) is 3.48. The number of halogens is 2. The average molecular weight is 274 g/mol. The Hall–Kier alpha value is -1.04. The summed E-state index contributed by atoms with van der Waals surface area (Å²) in [6, 6.07) is 3.43. The van der Waals surface area contributed by atoms with Gasteiger partial charge in [0.15, 0.2) is 0 Å². The van der Waals surface area contributed by atoms with E-state index in [9.17, 15) is 4.79 Å². The highest BCUT2D eigenvalue weighted by Crippen LogP contribution is 2.28. The number of hydrogen-bond acceptors (Lipinski definition) is 4. The molecule has 0 unspecified atom stereocenters. The predicted molar refractivity (Wildman–Crippen MR) is 63.2 cm³/mol. The lowest BCUT2D eigenvalue weighted by Crippen LogP contribution is -2.07. The predicted octanol–water partition coefficient (Wildman–Crippen LogP) is 2.62. The third-order valence-electron chi connectivity index (χ3n) is 1.67. The molecule has 0 atom stereocenters. The number of nitrogens with one attached hydrogen (secondary N) is 1. The van der Waals surface area contributed by atoms with Crippen LogP contribution in [0.25, 0.3) is 0 Å². The quantitative estimate of drug-likeness (QED) is 0.855. The minimum Gasteiger partial charge on any atom is -0.312 e. The summed E-state index contributed by atoms with van der Waals surface area (Å²) < 4.78 is 0. The maximum atomic E-state index is 11.2. The van der Waals surface area contributed by atoms with E-state index in [2.05, 4.69) is 15.0 Å². The van der Waals surface area contributed by atoms with E-state index in [1.165, 1.54) is 24.3 Å². The maximum absolute atomic E-state index is 11.2. The lowest BCUT2D eigenvalue weighted by atomic mass is 10.5. The Balaban J connectivity index is 2.30. The standard InChI is InChI=1S/C9H5Cl2N3OS/c10-5-1-2-6(12-3-5)16-9-7(11)8(15)13-4-14-9/h1-4H,(H,13,14,15). The van der Waals surface area contributed by atoms with Gasteiger partial charge in [-0.3, -0.25) is 4.79 Å². The Morgan fingerprint density at radius 3 is 2.75 bits per heavy atom. The van der Waals surface area contributed by atoms with E-state index in [1.54, 1.807) is 12.1 Å². The number of H-pyrrole nitrogens is 1. The highest BCUT2D eigenvalue weighted by molar-refractivity contribution is 7.99. The third-order valence-corrected chi connectivity index (χ3v) is 3.31. The normalized spacial score (nSPS) is 10.4. The van der Waals surface area contributed by atoms with Gasteiger partial charge >= 0.3 is 0 Å². The molecule has 7 heteroatoms. The molecular weight excluding hydrogens is 269 g/mol. The molecule has 0 aliphatic carbocycles. The number of aromatic amines is 1. The molecule has 2 aromatic heterocycles. The van der Waals surface area contributed by atoms with Crippen LogP contribution in [-0.4, -0.2) is 15.0 Å². The van der Waals surface area contributed by atoms with Crippen LogP contribution in [0.2, 0.25) is 10.0 Å². The molecule has 0 spiro atoms. The second-order valence-electron chi connectivity index (χ2n) is 2.77.